The molecule has 0 heterocycles. The van der Waals surface area contributed by atoms with Gasteiger partial charge in [0.1, 0.15) is 12.6 Å². The Morgan fingerprint density at radius 3 is 2.28 bits per heavy atom. The third kappa shape index (κ3) is 7.37. The Balaban J connectivity index is 1.94. The lowest BCUT2D eigenvalue weighted by atomic mass is 10.1. The summed E-state index contributed by atoms with van der Waals surface area (Å²) in [4.78, 5) is 28.5. The number of anilines is 1. The minimum Gasteiger partial charge on any atom is -0.352 e. The van der Waals surface area contributed by atoms with E-state index < -0.39 is 28.5 Å². The van der Waals surface area contributed by atoms with E-state index in [0.717, 1.165) is 41.8 Å². The molecule has 2 aromatic carbocycles. The molecule has 10 heteroatoms. The molecule has 196 valence electrons. The molecule has 3 rings (SSSR count). The SMILES string of the molecule is CC[C@H](C(=O)NC1CCCC1)N(Cc1ccc(Cl)cc1Cl)C(=O)CN(c1ccc(C)cc1)S(C)(=O)=O. The zero-order valence-corrected chi connectivity index (χ0v) is 23.2. The molecule has 2 aromatic rings. The van der Waals surface area contributed by atoms with Crippen LogP contribution in [0, 0.1) is 6.92 Å². The molecule has 1 saturated carbocycles. The standard InChI is InChI=1S/C26H33Cl2N3O4S/c1-4-24(26(33)29-21-7-5-6-8-21)30(16-19-11-12-20(27)15-23(19)28)25(32)17-31(36(3,34)35)22-13-9-18(2)10-14-22/h9-15,21,24H,4-8,16-17H2,1-3H3,(H,29,33)/t24-/m1/s1. The first kappa shape index (κ1) is 28.3. The highest BCUT2D eigenvalue weighted by molar-refractivity contribution is 7.92. The van der Waals surface area contributed by atoms with Crippen molar-refractivity contribution in [2.45, 2.75) is 64.6 Å². The fraction of sp³-hybridized carbons (Fsp3) is 0.462. The van der Waals surface area contributed by atoms with Crippen LogP contribution in [0.1, 0.15) is 50.2 Å². The van der Waals surface area contributed by atoms with Crippen LogP contribution < -0.4 is 9.62 Å². The van der Waals surface area contributed by atoms with Crippen molar-refractivity contribution in [3.05, 3.63) is 63.6 Å². The van der Waals surface area contributed by atoms with Crippen LogP contribution in [0.5, 0.6) is 0 Å². The van der Waals surface area contributed by atoms with Gasteiger partial charge in [0.25, 0.3) is 0 Å². The van der Waals surface area contributed by atoms with Gasteiger partial charge in [-0.15, -0.1) is 0 Å². The number of nitrogens with one attached hydrogen (secondary N) is 1. The largest absolute Gasteiger partial charge is 0.352 e. The first-order chi connectivity index (χ1) is 17.0. The molecular formula is C26H33Cl2N3O4S. The van der Waals surface area contributed by atoms with Gasteiger partial charge in [-0.25, -0.2) is 8.42 Å². The molecule has 0 spiro atoms. The molecular weight excluding hydrogens is 521 g/mol. The van der Waals surface area contributed by atoms with Gasteiger partial charge >= 0.3 is 0 Å². The van der Waals surface area contributed by atoms with Crippen LogP contribution in [0.2, 0.25) is 10.0 Å². The molecule has 1 N–H and O–H groups in total. The Kier molecular flexibility index (Phi) is 9.66. The van der Waals surface area contributed by atoms with Crippen LogP contribution in [0.3, 0.4) is 0 Å². The zero-order chi connectivity index (χ0) is 26.5. The number of amides is 2. The molecule has 0 radical (unpaired) electrons. The maximum absolute atomic E-state index is 13.7. The number of hydrogen-bond acceptors (Lipinski definition) is 4. The van der Waals surface area contributed by atoms with E-state index in [1.165, 1.54) is 4.90 Å². The Bertz CT molecular complexity index is 1180. The minimum absolute atomic E-state index is 0.0386. The first-order valence-electron chi connectivity index (χ1n) is 12.1. The number of rotatable bonds is 10. The van der Waals surface area contributed by atoms with Gasteiger partial charge in [-0.05, 0) is 56.0 Å². The number of benzene rings is 2. The second kappa shape index (κ2) is 12.3. The van der Waals surface area contributed by atoms with E-state index in [4.69, 9.17) is 23.2 Å². The molecule has 2 amide bonds. The summed E-state index contributed by atoms with van der Waals surface area (Å²) in [5, 5.41) is 3.90. The van der Waals surface area contributed by atoms with E-state index in [2.05, 4.69) is 5.32 Å². The average Bonchev–Trinajstić information content (AvgIpc) is 3.31. The quantitative estimate of drug-likeness (QED) is 0.451. The van der Waals surface area contributed by atoms with Gasteiger partial charge in [0.15, 0.2) is 0 Å². The van der Waals surface area contributed by atoms with Crippen LogP contribution >= 0.6 is 23.2 Å². The first-order valence-corrected chi connectivity index (χ1v) is 14.7. The minimum atomic E-state index is -3.78. The van der Waals surface area contributed by atoms with Crippen molar-refractivity contribution in [2.75, 3.05) is 17.1 Å². The van der Waals surface area contributed by atoms with Gasteiger partial charge in [0.05, 0.1) is 11.9 Å². The summed E-state index contributed by atoms with van der Waals surface area (Å²) in [5.41, 5.74) is 1.96. The van der Waals surface area contributed by atoms with E-state index in [1.54, 1.807) is 42.5 Å². The summed E-state index contributed by atoms with van der Waals surface area (Å²) in [6.45, 7) is 3.32. The van der Waals surface area contributed by atoms with Crippen molar-refractivity contribution >= 4 is 50.7 Å². The van der Waals surface area contributed by atoms with E-state index in [0.29, 0.717) is 27.7 Å². The lowest BCUT2D eigenvalue weighted by Crippen LogP contribution is -2.53. The lowest BCUT2D eigenvalue weighted by molar-refractivity contribution is -0.140. The van der Waals surface area contributed by atoms with Crippen LogP contribution in [0.25, 0.3) is 0 Å². The molecule has 0 saturated heterocycles. The molecule has 1 fully saturated rings. The number of hydrogen-bond donors (Lipinski definition) is 1. The van der Waals surface area contributed by atoms with E-state index in [1.807, 2.05) is 13.8 Å². The Morgan fingerprint density at radius 1 is 1.08 bits per heavy atom. The van der Waals surface area contributed by atoms with Gasteiger partial charge in [-0.3, -0.25) is 13.9 Å². The lowest BCUT2D eigenvalue weighted by Gasteiger charge is -2.33. The second-order valence-corrected chi connectivity index (χ2v) is 12.0. The molecule has 0 bridgehead atoms. The molecule has 7 nitrogen and oxygen atoms in total. The number of halogens is 2. The molecule has 36 heavy (non-hydrogen) atoms. The maximum atomic E-state index is 13.7. The van der Waals surface area contributed by atoms with Crippen molar-refractivity contribution < 1.29 is 18.0 Å². The third-order valence-corrected chi connectivity index (χ3v) is 8.17. The highest BCUT2D eigenvalue weighted by atomic mass is 35.5. The summed E-state index contributed by atoms with van der Waals surface area (Å²) in [6, 6.07) is 11.1. The fourth-order valence-electron chi connectivity index (χ4n) is 4.45. The van der Waals surface area contributed by atoms with Crippen LogP contribution in [0.15, 0.2) is 42.5 Å². The highest BCUT2D eigenvalue weighted by Gasteiger charge is 2.33. The Labute approximate surface area is 223 Å². The molecule has 0 aromatic heterocycles. The van der Waals surface area contributed by atoms with E-state index in [-0.39, 0.29) is 18.5 Å². The summed E-state index contributed by atoms with van der Waals surface area (Å²) in [7, 11) is -3.78. The van der Waals surface area contributed by atoms with Crippen molar-refractivity contribution in [1.29, 1.82) is 0 Å². The van der Waals surface area contributed by atoms with Crippen LogP contribution in [-0.4, -0.2) is 50.0 Å². The van der Waals surface area contributed by atoms with E-state index >= 15 is 0 Å². The normalized spacial score (nSPS) is 14.9. The second-order valence-electron chi connectivity index (χ2n) is 9.28. The van der Waals surface area contributed by atoms with Gasteiger partial charge < -0.3 is 10.2 Å². The molecule has 1 aliphatic rings. The smallest absolute Gasteiger partial charge is 0.244 e. The predicted molar refractivity (Wildman–Crippen MR) is 145 cm³/mol. The topological polar surface area (TPSA) is 86.8 Å². The van der Waals surface area contributed by atoms with Gasteiger partial charge in [-0.1, -0.05) is 66.7 Å². The number of carbonyl (C=O) groups is 2. The fourth-order valence-corrected chi connectivity index (χ4v) is 5.76. The third-order valence-electron chi connectivity index (χ3n) is 6.44. The summed E-state index contributed by atoms with van der Waals surface area (Å²) in [6.07, 6.45) is 5.36. The summed E-state index contributed by atoms with van der Waals surface area (Å²) in [5.74, 6) is -0.746. The van der Waals surface area contributed by atoms with Gasteiger partial charge in [0, 0.05) is 22.6 Å². The number of carbonyl (C=O) groups excluding carboxylic acids is 2. The number of sulfonamides is 1. The number of nitrogens with zero attached hydrogens (tertiary/aromatic N) is 2. The van der Waals surface area contributed by atoms with Crippen molar-refractivity contribution in [3.8, 4) is 0 Å². The number of aryl methyl sites for hydroxylation is 1. The molecule has 0 unspecified atom stereocenters. The molecule has 1 atom stereocenters. The van der Waals surface area contributed by atoms with E-state index in [9.17, 15) is 18.0 Å². The van der Waals surface area contributed by atoms with Crippen molar-refractivity contribution in [3.63, 3.8) is 0 Å². The highest BCUT2D eigenvalue weighted by Crippen LogP contribution is 2.25. The van der Waals surface area contributed by atoms with Crippen molar-refractivity contribution in [1.82, 2.24) is 10.2 Å². The zero-order valence-electron chi connectivity index (χ0n) is 20.8. The molecule has 1 aliphatic carbocycles. The Morgan fingerprint density at radius 2 is 1.72 bits per heavy atom. The Hall–Kier alpha value is -2.29. The molecule has 0 aliphatic heterocycles. The van der Waals surface area contributed by atoms with Crippen LogP contribution in [0.4, 0.5) is 5.69 Å². The summed E-state index contributed by atoms with van der Waals surface area (Å²) >= 11 is 12.4. The van der Waals surface area contributed by atoms with Gasteiger partial charge in [-0.2, -0.15) is 0 Å². The van der Waals surface area contributed by atoms with Gasteiger partial charge in [0.2, 0.25) is 21.8 Å². The monoisotopic (exact) mass is 553 g/mol. The summed E-state index contributed by atoms with van der Waals surface area (Å²) < 4.78 is 26.4. The van der Waals surface area contributed by atoms with Crippen LogP contribution in [-0.2, 0) is 26.2 Å². The predicted octanol–water partition coefficient (Wildman–Crippen LogP) is 4.93. The maximum Gasteiger partial charge on any atom is 0.244 e. The van der Waals surface area contributed by atoms with Crippen molar-refractivity contribution in [2.24, 2.45) is 0 Å². The average molecular weight is 555 g/mol.